The van der Waals surface area contributed by atoms with E-state index < -0.39 is 18.6 Å². The number of alkyl halides is 2. The van der Waals surface area contributed by atoms with Gasteiger partial charge in [0.2, 0.25) is 0 Å². The zero-order chi connectivity index (χ0) is 15.1. The molecule has 4 nitrogen and oxygen atoms in total. The summed E-state index contributed by atoms with van der Waals surface area (Å²) >= 11 is 5.81. The summed E-state index contributed by atoms with van der Waals surface area (Å²) in [5.74, 6) is -0.997. The van der Waals surface area contributed by atoms with Crippen LogP contribution in [0.15, 0.2) is 18.2 Å². The smallest absolute Gasteiger partial charge is 0.387 e. The third-order valence-electron chi connectivity index (χ3n) is 2.65. The lowest BCUT2D eigenvalue weighted by Gasteiger charge is -2.16. The summed E-state index contributed by atoms with van der Waals surface area (Å²) in [6, 6.07) is 3.50. The summed E-state index contributed by atoms with van der Waals surface area (Å²) < 4.78 is 28.9. The van der Waals surface area contributed by atoms with Crippen molar-refractivity contribution in [3.05, 3.63) is 28.8 Å². The maximum Gasteiger partial charge on any atom is 0.387 e. The highest BCUT2D eigenvalue weighted by atomic mass is 35.5. The number of hydrogen-bond acceptors (Lipinski definition) is 3. The topological polar surface area (TPSA) is 58.6 Å². The number of benzene rings is 1. The van der Waals surface area contributed by atoms with Crippen molar-refractivity contribution in [2.24, 2.45) is 0 Å². The first-order valence-corrected chi connectivity index (χ1v) is 6.51. The Bertz CT molecular complexity index is 457. The highest BCUT2D eigenvalue weighted by Crippen LogP contribution is 2.24. The van der Waals surface area contributed by atoms with E-state index in [-0.39, 0.29) is 12.3 Å². The van der Waals surface area contributed by atoms with E-state index in [0.717, 1.165) is 0 Å². The summed E-state index contributed by atoms with van der Waals surface area (Å²) in [6.45, 7) is -0.997. The molecule has 0 spiro atoms. The van der Waals surface area contributed by atoms with Gasteiger partial charge in [-0.05, 0) is 24.6 Å². The molecule has 0 aliphatic carbocycles. The zero-order valence-corrected chi connectivity index (χ0v) is 11.7. The normalized spacial score (nSPS) is 12.4. The van der Waals surface area contributed by atoms with E-state index >= 15 is 0 Å². The number of carboxylic acids is 1. The van der Waals surface area contributed by atoms with Crippen LogP contribution in [0.4, 0.5) is 8.78 Å². The summed E-state index contributed by atoms with van der Waals surface area (Å²) in [5.41, 5.74) is 0.389. The Morgan fingerprint density at radius 2 is 2.20 bits per heavy atom. The Balaban J connectivity index is 2.79. The van der Waals surface area contributed by atoms with Gasteiger partial charge in [0.15, 0.2) is 0 Å². The standard InChI is InChI=1S/C13H16ClF2NO3/c1-2-3-10(12(18)19)17-7-8-6-9(14)4-5-11(8)20-13(15)16/h4-6,10,13,17H,2-3,7H2,1H3,(H,18,19). The molecule has 1 atom stereocenters. The van der Waals surface area contributed by atoms with E-state index in [1.54, 1.807) is 0 Å². The molecule has 0 saturated heterocycles. The summed E-state index contributed by atoms with van der Waals surface area (Å²) in [5, 5.41) is 12.2. The monoisotopic (exact) mass is 307 g/mol. The van der Waals surface area contributed by atoms with Crippen molar-refractivity contribution >= 4 is 17.6 Å². The molecule has 0 amide bonds. The van der Waals surface area contributed by atoms with Crippen molar-refractivity contribution in [2.75, 3.05) is 0 Å². The highest BCUT2D eigenvalue weighted by Gasteiger charge is 2.17. The van der Waals surface area contributed by atoms with E-state index in [1.165, 1.54) is 18.2 Å². The Morgan fingerprint density at radius 1 is 1.50 bits per heavy atom. The van der Waals surface area contributed by atoms with E-state index in [0.29, 0.717) is 23.4 Å². The first-order valence-electron chi connectivity index (χ1n) is 6.13. The Hall–Kier alpha value is -1.40. The second kappa shape index (κ2) is 8.01. The van der Waals surface area contributed by atoms with Gasteiger partial charge >= 0.3 is 12.6 Å². The molecule has 1 aromatic rings. The van der Waals surface area contributed by atoms with Gasteiger partial charge in [-0.1, -0.05) is 24.9 Å². The second-order valence-electron chi connectivity index (χ2n) is 4.19. The summed E-state index contributed by atoms with van der Waals surface area (Å²) in [7, 11) is 0. The number of carboxylic acid groups (broad SMARTS) is 1. The molecule has 0 heterocycles. The summed E-state index contributed by atoms with van der Waals surface area (Å²) in [6.07, 6.45) is 1.14. The minimum Gasteiger partial charge on any atom is -0.480 e. The molecule has 0 bridgehead atoms. The quantitative estimate of drug-likeness (QED) is 0.774. The molecule has 0 radical (unpaired) electrons. The lowest BCUT2D eigenvalue weighted by molar-refractivity contribution is -0.139. The molecule has 1 rings (SSSR count). The van der Waals surface area contributed by atoms with Gasteiger partial charge < -0.3 is 15.2 Å². The molecule has 0 fully saturated rings. The molecule has 112 valence electrons. The van der Waals surface area contributed by atoms with Crippen LogP contribution >= 0.6 is 11.6 Å². The lowest BCUT2D eigenvalue weighted by atomic mass is 10.1. The van der Waals surface area contributed by atoms with Crippen molar-refractivity contribution in [3.63, 3.8) is 0 Å². The van der Waals surface area contributed by atoms with E-state index in [4.69, 9.17) is 16.7 Å². The molecule has 0 aliphatic rings. The molecule has 2 N–H and O–H groups in total. The van der Waals surface area contributed by atoms with Crippen LogP contribution in [0.3, 0.4) is 0 Å². The van der Waals surface area contributed by atoms with Gasteiger partial charge in [0.1, 0.15) is 11.8 Å². The lowest BCUT2D eigenvalue weighted by Crippen LogP contribution is -2.36. The minimum atomic E-state index is -2.94. The van der Waals surface area contributed by atoms with Crippen LogP contribution in [0.2, 0.25) is 5.02 Å². The van der Waals surface area contributed by atoms with Crippen molar-refractivity contribution in [1.82, 2.24) is 5.32 Å². The third-order valence-corrected chi connectivity index (χ3v) is 2.89. The summed E-state index contributed by atoms with van der Waals surface area (Å²) in [4.78, 5) is 11.0. The van der Waals surface area contributed by atoms with Crippen LogP contribution < -0.4 is 10.1 Å². The van der Waals surface area contributed by atoms with Gasteiger partial charge in [0, 0.05) is 17.1 Å². The van der Waals surface area contributed by atoms with Gasteiger partial charge in [-0.3, -0.25) is 4.79 Å². The molecule has 0 aliphatic heterocycles. The van der Waals surface area contributed by atoms with Gasteiger partial charge in [-0.2, -0.15) is 8.78 Å². The minimum absolute atomic E-state index is 0.0162. The van der Waals surface area contributed by atoms with Crippen molar-refractivity contribution in [1.29, 1.82) is 0 Å². The molecule has 0 aromatic heterocycles. The van der Waals surface area contributed by atoms with Crippen molar-refractivity contribution < 1.29 is 23.4 Å². The average Bonchev–Trinajstić information content (AvgIpc) is 2.36. The number of aliphatic carboxylic acids is 1. The maximum absolute atomic E-state index is 12.3. The van der Waals surface area contributed by atoms with E-state index in [1.807, 2.05) is 6.92 Å². The van der Waals surface area contributed by atoms with Crippen LogP contribution in [-0.4, -0.2) is 23.7 Å². The van der Waals surface area contributed by atoms with Crippen LogP contribution in [0, 0.1) is 0 Å². The third kappa shape index (κ3) is 5.30. The number of nitrogens with one attached hydrogen (secondary N) is 1. The van der Waals surface area contributed by atoms with Crippen LogP contribution in [0.25, 0.3) is 0 Å². The van der Waals surface area contributed by atoms with Crippen LogP contribution in [0.5, 0.6) is 5.75 Å². The largest absolute Gasteiger partial charge is 0.480 e. The molecular formula is C13H16ClF2NO3. The van der Waals surface area contributed by atoms with Gasteiger partial charge in [0.25, 0.3) is 0 Å². The molecule has 1 aromatic carbocycles. The van der Waals surface area contributed by atoms with Crippen molar-refractivity contribution in [2.45, 2.75) is 39.0 Å². The van der Waals surface area contributed by atoms with Crippen LogP contribution in [-0.2, 0) is 11.3 Å². The fraction of sp³-hybridized carbons (Fsp3) is 0.462. The Labute approximate surface area is 120 Å². The fourth-order valence-electron chi connectivity index (χ4n) is 1.73. The predicted molar refractivity (Wildman–Crippen MR) is 71.3 cm³/mol. The van der Waals surface area contributed by atoms with Crippen molar-refractivity contribution in [3.8, 4) is 5.75 Å². The highest BCUT2D eigenvalue weighted by molar-refractivity contribution is 6.30. The maximum atomic E-state index is 12.3. The number of carbonyl (C=O) groups is 1. The van der Waals surface area contributed by atoms with Gasteiger partial charge in [-0.25, -0.2) is 0 Å². The number of rotatable bonds is 8. The van der Waals surface area contributed by atoms with Gasteiger partial charge in [0.05, 0.1) is 0 Å². The Morgan fingerprint density at radius 3 is 2.75 bits per heavy atom. The van der Waals surface area contributed by atoms with Gasteiger partial charge in [-0.15, -0.1) is 0 Å². The predicted octanol–water partition coefficient (Wildman–Crippen LogP) is 3.28. The molecule has 7 heteroatoms. The SMILES string of the molecule is CCCC(NCc1cc(Cl)ccc1OC(F)F)C(=O)O. The number of hydrogen-bond donors (Lipinski definition) is 2. The first kappa shape index (κ1) is 16.7. The molecular weight excluding hydrogens is 292 g/mol. The van der Waals surface area contributed by atoms with Crippen LogP contribution in [0.1, 0.15) is 25.3 Å². The molecule has 20 heavy (non-hydrogen) atoms. The van der Waals surface area contributed by atoms with E-state index in [9.17, 15) is 13.6 Å². The Kier molecular flexibility index (Phi) is 6.67. The second-order valence-corrected chi connectivity index (χ2v) is 4.63. The number of ether oxygens (including phenoxy) is 1. The zero-order valence-electron chi connectivity index (χ0n) is 10.9. The molecule has 0 saturated carbocycles. The number of halogens is 3. The molecule has 1 unspecified atom stereocenters. The average molecular weight is 308 g/mol. The van der Waals surface area contributed by atoms with E-state index in [2.05, 4.69) is 10.1 Å². The first-order chi connectivity index (χ1) is 9.43. The fourth-order valence-corrected chi connectivity index (χ4v) is 1.93.